The van der Waals surface area contributed by atoms with Crippen LogP contribution in [0.25, 0.3) is 38.6 Å². The summed E-state index contributed by atoms with van der Waals surface area (Å²) in [6.45, 7) is 10.5. The molecule has 0 atom stereocenters. The Hall–Kier alpha value is -4.47. The van der Waals surface area contributed by atoms with Crippen molar-refractivity contribution in [3.63, 3.8) is 0 Å². The van der Waals surface area contributed by atoms with Crippen molar-refractivity contribution >= 4 is 27.7 Å². The molecule has 3 aromatic carbocycles. The smallest absolute Gasteiger partial charge is 0.265 e. The van der Waals surface area contributed by atoms with Crippen molar-refractivity contribution in [3.8, 4) is 22.6 Å². The number of morpholine rings is 1. The van der Waals surface area contributed by atoms with E-state index in [-0.39, 0.29) is 12.0 Å². The van der Waals surface area contributed by atoms with Gasteiger partial charge in [0.15, 0.2) is 0 Å². The third-order valence-corrected chi connectivity index (χ3v) is 8.28. The van der Waals surface area contributed by atoms with E-state index in [1.165, 1.54) is 0 Å². The predicted octanol–water partition coefficient (Wildman–Crippen LogP) is 4.20. The zero-order valence-electron chi connectivity index (χ0n) is 24.2. The van der Waals surface area contributed by atoms with Crippen molar-refractivity contribution in [2.75, 3.05) is 39.5 Å². The second kappa shape index (κ2) is 11.4. The van der Waals surface area contributed by atoms with Crippen LogP contribution in [0.4, 0.5) is 0 Å². The molecule has 0 saturated carbocycles. The van der Waals surface area contributed by atoms with Gasteiger partial charge in [0, 0.05) is 36.3 Å². The molecule has 42 heavy (non-hydrogen) atoms. The molecule has 3 N–H and O–H groups in total. The molecule has 9 nitrogen and oxygen atoms in total. The van der Waals surface area contributed by atoms with Crippen molar-refractivity contribution in [2.24, 2.45) is 5.73 Å². The summed E-state index contributed by atoms with van der Waals surface area (Å²) < 4.78 is 13.5. The number of aryl methyl sites for hydroxylation is 2. The second-order valence-electron chi connectivity index (χ2n) is 10.9. The van der Waals surface area contributed by atoms with Crippen LogP contribution in [0, 0.1) is 20.8 Å². The minimum absolute atomic E-state index is 0.0558. The highest BCUT2D eigenvalue weighted by Gasteiger charge is 2.22. The van der Waals surface area contributed by atoms with E-state index < -0.39 is 5.91 Å². The van der Waals surface area contributed by atoms with Crippen molar-refractivity contribution < 1.29 is 14.3 Å². The van der Waals surface area contributed by atoms with Crippen LogP contribution in [-0.4, -0.2) is 64.8 Å². The van der Waals surface area contributed by atoms with Crippen LogP contribution in [-0.2, 0) is 16.0 Å². The van der Waals surface area contributed by atoms with Crippen molar-refractivity contribution in [2.45, 2.75) is 27.2 Å². The van der Waals surface area contributed by atoms with E-state index in [1.54, 1.807) is 17.0 Å². The number of amides is 1. The van der Waals surface area contributed by atoms with Crippen LogP contribution in [0.2, 0.25) is 0 Å². The molecule has 1 aliphatic heterocycles. The Labute approximate surface area is 243 Å². The number of nitrogens with one attached hydrogen (secondary N) is 1. The van der Waals surface area contributed by atoms with Crippen molar-refractivity contribution in [1.29, 1.82) is 0 Å². The number of rotatable bonds is 8. The number of H-pyrrole nitrogens is 1. The number of hydrogen-bond donors (Lipinski definition) is 2. The molecule has 1 saturated heterocycles. The zero-order chi connectivity index (χ0) is 29.4. The molecule has 1 fully saturated rings. The monoisotopic (exact) mass is 565 g/mol. The summed E-state index contributed by atoms with van der Waals surface area (Å²) in [5, 5.41) is 1.57. The molecule has 5 aromatic rings. The van der Waals surface area contributed by atoms with Gasteiger partial charge in [-0.2, -0.15) is 0 Å². The van der Waals surface area contributed by atoms with E-state index in [0.29, 0.717) is 23.3 Å². The summed E-state index contributed by atoms with van der Waals surface area (Å²) in [4.78, 5) is 36.0. The summed E-state index contributed by atoms with van der Waals surface area (Å²) in [5.41, 5.74) is 13.6. The minimum atomic E-state index is -0.423. The maximum Gasteiger partial charge on any atom is 0.265 e. The molecule has 0 unspecified atom stereocenters. The third kappa shape index (κ3) is 5.06. The number of nitrogens with two attached hydrogens (primary N) is 1. The first kappa shape index (κ1) is 27.7. The second-order valence-corrected chi connectivity index (χ2v) is 10.9. The minimum Gasteiger partial charge on any atom is -0.492 e. The van der Waals surface area contributed by atoms with Gasteiger partial charge in [0.1, 0.15) is 18.7 Å². The molecule has 2 aromatic heterocycles. The first-order valence-corrected chi connectivity index (χ1v) is 14.3. The Bertz CT molecular complexity index is 1870. The fourth-order valence-corrected chi connectivity index (χ4v) is 5.91. The molecule has 0 bridgehead atoms. The van der Waals surface area contributed by atoms with Crippen LogP contribution in [0.5, 0.6) is 5.75 Å². The van der Waals surface area contributed by atoms with E-state index in [0.717, 1.165) is 82.9 Å². The number of para-hydroxylation sites is 1. The van der Waals surface area contributed by atoms with Gasteiger partial charge in [-0.05, 0) is 67.3 Å². The van der Waals surface area contributed by atoms with Crippen molar-refractivity contribution in [3.05, 3.63) is 87.6 Å². The van der Waals surface area contributed by atoms with Crippen molar-refractivity contribution in [1.82, 2.24) is 19.4 Å². The van der Waals surface area contributed by atoms with E-state index in [9.17, 15) is 9.59 Å². The molecule has 216 valence electrons. The number of primary amides is 1. The van der Waals surface area contributed by atoms with Gasteiger partial charge in [0.05, 0.1) is 41.7 Å². The molecule has 3 heterocycles. The Morgan fingerprint density at radius 2 is 1.83 bits per heavy atom. The Balaban J connectivity index is 1.49. The van der Waals surface area contributed by atoms with Gasteiger partial charge in [0.25, 0.3) is 5.56 Å². The van der Waals surface area contributed by atoms with Gasteiger partial charge in [0.2, 0.25) is 5.91 Å². The molecule has 0 spiro atoms. The highest BCUT2D eigenvalue weighted by atomic mass is 16.5. The first-order chi connectivity index (χ1) is 20.3. The van der Waals surface area contributed by atoms with Gasteiger partial charge in [-0.15, -0.1) is 0 Å². The number of benzene rings is 3. The Morgan fingerprint density at radius 3 is 2.62 bits per heavy atom. The van der Waals surface area contributed by atoms with Crippen LogP contribution in [0.3, 0.4) is 0 Å². The average Bonchev–Trinajstić information content (AvgIpc) is 3.29. The number of carbonyl (C=O) groups is 1. The SMILES string of the molecule is Cc1[nH]c2c(CC(N)=O)c(OCCN3CCOCC3)cc(-c3cccc(-n4cnc5ccccc5c4=O)c3C)c2c1C. The third-order valence-electron chi connectivity index (χ3n) is 8.28. The molecule has 6 rings (SSSR count). The highest BCUT2D eigenvalue weighted by Crippen LogP contribution is 2.41. The standard InChI is InChI=1S/C33H35N5O4/c1-20-22(3)36-32-26(18-30(34)39)29(42-16-13-37-11-14-41-15-12-37)17-25(31(20)32)23-8-6-10-28(21(23)2)38-19-35-27-9-5-4-7-24(27)33(38)40/h4-10,17,19,36H,11-16,18H2,1-3H3,(H2,34,39). The summed E-state index contributed by atoms with van der Waals surface area (Å²) in [6, 6.07) is 15.3. The lowest BCUT2D eigenvalue weighted by Crippen LogP contribution is -2.38. The lowest BCUT2D eigenvalue weighted by Gasteiger charge is -2.26. The van der Waals surface area contributed by atoms with Crippen LogP contribution in [0.1, 0.15) is 22.4 Å². The van der Waals surface area contributed by atoms with Gasteiger partial charge in [-0.3, -0.25) is 19.1 Å². The number of aromatic nitrogens is 3. The maximum absolute atomic E-state index is 13.5. The molecular formula is C33H35N5O4. The van der Waals surface area contributed by atoms with Crippen LogP contribution >= 0.6 is 0 Å². The number of ether oxygens (including phenoxy) is 2. The summed E-state index contributed by atoms with van der Waals surface area (Å²) >= 11 is 0. The fraction of sp³-hybridized carbons (Fsp3) is 0.303. The molecule has 1 aliphatic rings. The predicted molar refractivity (Wildman–Crippen MR) is 164 cm³/mol. The van der Waals surface area contributed by atoms with Crippen LogP contribution < -0.4 is 16.0 Å². The Kier molecular flexibility index (Phi) is 7.53. The largest absolute Gasteiger partial charge is 0.492 e. The average molecular weight is 566 g/mol. The molecule has 0 radical (unpaired) electrons. The number of carbonyl (C=O) groups excluding carboxylic acids is 1. The lowest BCUT2D eigenvalue weighted by atomic mass is 9.91. The highest BCUT2D eigenvalue weighted by molar-refractivity contribution is 6.03. The maximum atomic E-state index is 13.5. The van der Waals surface area contributed by atoms with Gasteiger partial charge < -0.3 is 20.2 Å². The van der Waals surface area contributed by atoms with Gasteiger partial charge in [-0.25, -0.2) is 4.98 Å². The summed E-state index contributed by atoms with van der Waals surface area (Å²) in [6.07, 6.45) is 1.65. The summed E-state index contributed by atoms with van der Waals surface area (Å²) in [5.74, 6) is 0.202. The molecule has 0 aliphatic carbocycles. The topological polar surface area (TPSA) is 115 Å². The Morgan fingerprint density at radius 1 is 1.05 bits per heavy atom. The van der Waals surface area contributed by atoms with E-state index in [1.807, 2.05) is 50.2 Å². The molecule has 9 heteroatoms. The quantitative estimate of drug-likeness (QED) is 0.292. The summed E-state index contributed by atoms with van der Waals surface area (Å²) in [7, 11) is 0. The number of hydrogen-bond acceptors (Lipinski definition) is 6. The molecular weight excluding hydrogens is 530 g/mol. The van der Waals surface area contributed by atoms with E-state index >= 15 is 0 Å². The van der Waals surface area contributed by atoms with Crippen LogP contribution in [0.15, 0.2) is 59.7 Å². The van der Waals surface area contributed by atoms with E-state index in [4.69, 9.17) is 15.2 Å². The first-order valence-electron chi connectivity index (χ1n) is 14.3. The fourth-order valence-electron chi connectivity index (χ4n) is 5.91. The number of nitrogens with zero attached hydrogens (tertiary/aromatic N) is 3. The molecule has 1 amide bonds. The van der Waals surface area contributed by atoms with Gasteiger partial charge in [-0.1, -0.05) is 24.3 Å². The zero-order valence-corrected chi connectivity index (χ0v) is 24.2. The normalized spacial score (nSPS) is 14.1. The number of fused-ring (bicyclic) bond motifs is 2. The number of aromatic amines is 1. The van der Waals surface area contributed by atoms with Gasteiger partial charge >= 0.3 is 0 Å². The lowest BCUT2D eigenvalue weighted by molar-refractivity contribution is -0.117. The van der Waals surface area contributed by atoms with E-state index in [2.05, 4.69) is 27.9 Å².